The summed E-state index contributed by atoms with van der Waals surface area (Å²) >= 11 is 0. The summed E-state index contributed by atoms with van der Waals surface area (Å²) in [6, 6.07) is 0. The van der Waals surface area contributed by atoms with Gasteiger partial charge in [-0.1, -0.05) is 273 Å². The molecule has 820 valence electrons. The average molecular weight is 1980 g/mol. The molecule has 29 heteroatoms. The smallest absolute Gasteiger partial charge is 0.184 e. The van der Waals surface area contributed by atoms with Crippen LogP contribution in [0.3, 0.4) is 0 Å². The van der Waals surface area contributed by atoms with Gasteiger partial charge in [0.2, 0.25) is 0 Å². The van der Waals surface area contributed by atoms with Gasteiger partial charge in [-0.2, -0.15) is 0 Å². The molecule has 7 fully saturated rings. The number of hydrogen-bond acceptors (Lipinski definition) is 29. The van der Waals surface area contributed by atoms with Crippen LogP contribution in [-0.2, 0) is 71.1 Å². The van der Waals surface area contributed by atoms with Crippen molar-refractivity contribution in [2.75, 3.05) is 0 Å². The van der Waals surface area contributed by atoms with Crippen molar-refractivity contribution in [1.82, 2.24) is 0 Å². The van der Waals surface area contributed by atoms with Crippen molar-refractivity contribution < 1.29 is 143 Å². The van der Waals surface area contributed by atoms with Gasteiger partial charge < -0.3 is 143 Å². The molecule has 7 heterocycles. The van der Waals surface area contributed by atoms with Gasteiger partial charge in [-0.25, -0.2) is 0 Å². The monoisotopic (exact) mass is 1980 g/mol. The third-order valence-electron chi connectivity index (χ3n) is 27.1. The molecular weight excluding hydrogens is 1760 g/mol. The number of carbonyl (C=O) groups excluding carboxylic acids is 1. The first-order valence-electron chi connectivity index (χ1n) is 55.3. The van der Waals surface area contributed by atoms with Gasteiger partial charge in [-0.15, -0.1) is 0 Å². The van der Waals surface area contributed by atoms with Gasteiger partial charge in [-0.3, -0.25) is 0 Å². The molecule has 0 radical (unpaired) electrons. The Morgan fingerprint density at radius 1 is 0.204 bits per heavy atom. The van der Waals surface area contributed by atoms with Crippen LogP contribution >= 0.6 is 0 Å². The van der Waals surface area contributed by atoms with E-state index >= 15 is 0 Å². The summed E-state index contributed by atoms with van der Waals surface area (Å²) in [6.07, 6.45) is 40.1. The van der Waals surface area contributed by atoms with E-state index in [1.165, 1.54) is 193 Å². The molecule has 35 atom stereocenters. The quantitative estimate of drug-likeness (QED) is 0.0252. The Balaban J connectivity index is 0.000000802. The Bertz CT molecular complexity index is 2720. The lowest BCUT2D eigenvalue weighted by molar-refractivity contribution is -0.273. The topological polar surface area (TPSA) is 430 Å². The normalized spacial score (nSPS) is 32.7. The molecule has 0 aromatic heterocycles. The number of aliphatic hydroxyl groups is 14. The molecule has 7 aliphatic heterocycles. The molecule has 7 saturated heterocycles. The van der Waals surface area contributed by atoms with Crippen LogP contribution in [-0.4, -0.2) is 292 Å². The molecule has 14 N–H and O–H groups in total. The first-order valence-corrected chi connectivity index (χ1v) is 55.3. The highest BCUT2D eigenvalue weighted by molar-refractivity contribution is 5.75. The maximum absolute atomic E-state index is 10.8. The predicted molar refractivity (Wildman–Crippen MR) is 538 cm³/mol. The van der Waals surface area contributed by atoms with Gasteiger partial charge in [0.25, 0.3) is 0 Å². The van der Waals surface area contributed by atoms with E-state index in [9.17, 15) is 76.3 Å². The number of aliphatic hydroxyl groups excluding tert-OH is 14. The minimum absolute atomic E-state index is 0.0849. The van der Waals surface area contributed by atoms with Crippen molar-refractivity contribution in [3.63, 3.8) is 0 Å². The maximum Gasteiger partial charge on any atom is 0.184 e. The second-order valence-corrected chi connectivity index (χ2v) is 41.3. The summed E-state index contributed by atoms with van der Waals surface area (Å²) in [5.74, 6) is 0.120. The standard InChI is InChI=1S/C19H38O4.C18H36O4.C17H34O4.C16H32O4.C14H28O4.C12H22O5.C12H24O4/c1-4-5-6-7-8-9-10-11-12-13-15(2)22-19-18(21)14-17(20)16(3)23-19;1-4-5-6-7-8-9-10-11-12-14(2)21-18-17(20)13-16(19)15(3)22-18;1-4-5-6-7-8-9-10-11-13(2)20-17-16(19)12-15(18)14(3)21-17;1-4-5-6-7-8-9-10-12(2)19-16-15(18)11-14(17)13(3)20-16;1-4-5-6-7-8-10(2)17-14-13(16)9-12(15)11(3)18-14;1-7(13)4-5-8(2)16-12-11(15)6-10(14)9(3)17-12;1-4-5-6-8(2)15-12-11(14)7-10(13)9(3)16-12/h15-21H,4-14H2,1-3H3;14-20H,4-13H2,1-3H3;13-19H,4-12H2,1-3H3;12-18H,4-11H2,1-3H3;10-16H,4-9H2,1-3H3;8-12,14-15H,4-6H2,1-3H3;8-14H,4-7H2,1-3H3/t15-,16?,17?,18?,19?;14-,15?,16?,17?,18?;13-,14?,15?,16?,17?;12-,13?,14?,15?,16?;10-,11?,12?,13?,14?;2*8-,9?,10?,11?,12?/m1111111/s1. The molecule has 29 nitrogen and oxygen atoms in total. The Kier molecular flexibility index (Phi) is 79.5. The lowest BCUT2D eigenvalue weighted by Crippen LogP contribution is -2.48. The van der Waals surface area contributed by atoms with E-state index < -0.39 is 129 Å². The highest BCUT2D eigenvalue weighted by atomic mass is 16.7. The van der Waals surface area contributed by atoms with Crippen LogP contribution in [0.2, 0.25) is 0 Å². The van der Waals surface area contributed by atoms with E-state index in [1.807, 2.05) is 76.2 Å². The highest BCUT2D eigenvalue weighted by Gasteiger charge is 2.42. The Morgan fingerprint density at radius 2 is 0.328 bits per heavy atom. The molecule has 0 aromatic carbocycles. The fourth-order valence-corrected chi connectivity index (χ4v) is 17.2. The number of carbonyl (C=O) groups is 1. The minimum atomic E-state index is -0.819. The molecule has 7 rings (SSSR count). The number of rotatable bonds is 59. The molecule has 7 aliphatic rings. The summed E-state index contributed by atoms with van der Waals surface area (Å²) in [5.41, 5.74) is 0. The molecule has 0 spiro atoms. The molecule has 0 amide bonds. The number of Topliss-reactive ketones (excluding diaryl/α,β-unsaturated/α-hetero) is 1. The second-order valence-electron chi connectivity index (χ2n) is 41.3. The lowest BCUT2D eigenvalue weighted by Gasteiger charge is -2.36. The van der Waals surface area contributed by atoms with Gasteiger partial charge in [0.1, 0.15) is 48.5 Å². The molecular formula is C108H214O29. The molecule has 28 unspecified atom stereocenters. The summed E-state index contributed by atoms with van der Waals surface area (Å²) in [5, 5.41) is 136. The number of hydrogen-bond donors (Lipinski definition) is 14. The molecule has 0 saturated carbocycles. The van der Waals surface area contributed by atoms with Crippen LogP contribution in [0.25, 0.3) is 0 Å². The zero-order chi connectivity index (χ0) is 103. The second kappa shape index (κ2) is 81.5. The van der Waals surface area contributed by atoms with E-state index in [2.05, 4.69) is 41.5 Å². The van der Waals surface area contributed by atoms with Crippen molar-refractivity contribution in [2.24, 2.45) is 0 Å². The predicted octanol–water partition coefficient (Wildman–Crippen LogP) is 18.6. The number of ketones is 1. The van der Waals surface area contributed by atoms with E-state index in [1.54, 1.807) is 20.8 Å². The molecule has 0 aliphatic carbocycles. The van der Waals surface area contributed by atoms with E-state index in [-0.39, 0.29) is 97.7 Å². The molecule has 137 heavy (non-hydrogen) atoms. The van der Waals surface area contributed by atoms with Gasteiger partial charge in [0.05, 0.1) is 128 Å². The van der Waals surface area contributed by atoms with Crippen LogP contribution in [0, 0.1) is 0 Å². The Hall–Kier alpha value is -1.45. The van der Waals surface area contributed by atoms with E-state index in [4.69, 9.17) is 66.3 Å². The van der Waals surface area contributed by atoms with E-state index in [0.29, 0.717) is 51.4 Å². The first-order chi connectivity index (χ1) is 65.1. The largest absolute Gasteiger partial charge is 0.390 e. The fourth-order valence-electron chi connectivity index (χ4n) is 17.2. The van der Waals surface area contributed by atoms with Gasteiger partial charge in [-0.05, 0) is 149 Å². The average Bonchev–Trinajstić information content (AvgIpc) is 0.889. The van der Waals surface area contributed by atoms with Crippen molar-refractivity contribution >= 4 is 5.78 Å². The fraction of sp³-hybridized carbons (Fsp3) is 0.991. The third-order valence-corrected chi connectivity index (χ3v) is 27.1. The Labute approximate surface area is 832 Å². The SMILES string of the molecule is CC(=O)CC[C@@H](C)OC1OC(C)C(O)CC1O.CCCCCCCCCCC[C@@H](C)OC1OC(C)C(O)CC1O.CCCCCCCCCC[C@@H](C)OC1OC(C)C(O)CC1O.CCCCCCCCC[C@@H](C)OC1OC(C)C(O)CC1O.CCCCCCCC[C@@H](C)OC1OC(C)C(O)CC1O.CCCCCC[C@@H](C)OC1OC(C)C(O)CC1O.CCCC[C@@H](C)OC1OC(C)C(O)CC1O. The van der Waals surface area contributed by atoms with Crippen LogP contribution in [0.15, 0.2) is 0 Å². The molecule has 0 bridgehead atoms. The zero-order valence-electron chi connectivity index (χ0n) is 90.2. The first kappa shape index (κ1) is 134. The third kappa shape index (κ3) is 64.4. The summed E-state index contributed by atoms with van der Waals surface area (Å²) < 4.78 is 78.5. The lowest BCUT2D eigenvalue weighted by atomic mass is 10.0. The summed E-state index contributed by atoms with van der Waals surface area (Å²) in [4.78, 5) is 10.8. The maximum atomic E-state index is 10.8. The van der Waals surface area contributed by atoms with Crippen molar-refractivity contribution in [1.29, 1.82) is 0 Å². The van der Waals surface area contributed by atoms with Crippen molar-refractivity contribution in [3.05, 3.63) is 0 Å². The minimum Gasteiger partial charge on any atom is -0.390 e. The van der Waals surface area contributed by atoms with Crippen LogP contribution < -0.4 is 0 Å². The van der Waals surface area contributed by atoms with Crippen LogP contribution in [0.5, 0.6) is 0 Å². The van der Waals surface area contributed by atoms with Crippen molar-refractivity contribution in [2.45, 2.75) is 688 Å². The summed E-state index contributed by atoms with van der Waals surface area (Å²) in [7, 11) is 0. The van der Waals surface area contributed by atoms with Gasteiger partial charge in [0.15, 0.2) is 44.0 Å². The highest BCUT2D eigenvalue weighted by Crippen LogP contribution is 2.32. The Morgan fingerprint density at radius 3 is 0.474 bits per heavy atom. The van der Waals surface area contributed by atoms with Crippen LogP contribution in [0.1, 0.15) is 473 Å². The van der Waals surface area contributed by atoms with Crippen LogP contribution in [0.4, 0.5) is 0 Å². The van der Waals surface area contributed by atoms with E-state index in [0.717, 1.165) is 83.5 Å². The summed E-state index contributed by atoms with van der Waals surface area (Å²) in [6.45, 7) is 41.4. The molecule has 0 aromatic rings. The van der Waals surface area contributed by atoms with Gasteiger partial charge >= 0.3 is 0 Å². The van der Waals surface area contributed by atoms with Crippen molar-refractivity contribution in [3.8, 4) is 0 Å². The number of unbranched alkanes of at least 4 members (excludes halogenated alkanes) is 30. The zero-order valence-corrected chi connectivity index (χ0v) is 90.2. The van der Waals surface area contributed by atoms with Gasteiger partial charge in [0, 0.05) is 51.4 Å². The number of ether oxygens (including phenoxy) is 14.